The Kier molecular flexibility index (Phi) is 12.5. The van der Waals surface area contributed by atoms with Crippen molar-refractivity contribution in [1.82, 2.24) is 25.3 Å². The number of halogens is 1. The molecule has 34 heavy (non-hydrogen) atoms. The van der Waals surface area contributed by atoms with Crippen molar-refractivity contribution in [3.63, 3.8) is 0 Å². The molecule has 0 spiro atoms. The van der Waals surface area contributed by atoms with E-state index in [1.54, 1.807) is 6.20 Å². The van der Waals surface area contributed by atoms with Gasteiger partial charge in [0.25, 0.3) is 0 Å². The zero-order valence-corrected chi connectivity index (χ0v) is 22.7. The van der Waals surface area contributed by atoms with E-state index >= 15 is 0 Å². The van der Waals surface area contributed by atoms with Gasteiger partial charge in [0.1, 0.15) is 5.75 Å². The third-order valence-electron chi connectivity index (χ3n) is 5.16. The molecular weight excluding hydrogens is 539 g/mol. The fourth-order valence-corrected chi connectivity index (χ4v) is 3.41. The van der Waals surface area contributed by atoms with E-state index in [2.05, 4.69) is 78.0 Å². The van der Waals surface area contributed by atoms with E-state index in [1.165, 1.54) is 11.1 Å². The van der Waals surface area contributed by atoms with E-state index in [-0.39, 0.29) is 24.0 Å². The molecule has 1 heterocycles. The molecule has 0 saturated heterocycles. The Balaban J connectivity index is 0.00000408. The lowest BCUT2D eigenvalue weighted by Crippen LogP contribution is -2.37. The van der Waals surface area contributed by atoms with Crippen LogP contribution in [0.1, 0.15) is 30.0 Å². The molecule has 0 aliphatic heterocycles. The number of ether oxygens (including phenoxy) is 1. The monoisotopic (exact) mass is 576 g/mol. The average molecular weight is 577 g/mol. The molecule has 0 bridgehead atoms. The second-order valence-corrected chi connectivity index (χ2v) is 8.17. The number of nitrogens with one attached hydrogen (secondary N) is 2. The highest BCUT2D eigenvalue weighted by Crippen LogP contribution is 2.13. The molecule has 3 aromatic rings. The van der Waals surface area contributed by atoms with Crippen molar-refractivity contribution in [3.8, 4) is 5.75 Å². The summed E-state index contributed by atoms with van der Waals surface area (Å²) in [5.74, 6) is 1.70. The minimum Gasteiger partial charge on any atom is -0.494 e. The van der Waals surface area contributed by atoms with Crippen LogP contribution in [-0.2, 0) is 19.6 Å². The Morgan fingerprint density at radius 3 is 2.47 bits per heavy atom. The van der Waals surface area contributed by atoms with Gasteiger partial charge in [-0.1, -0.05) is 36.4 Å². The lowest BCUT2D eigenvalue weighted by Gasteiger charge is -2.14. The Hall–Kier alpha value is -2.59. The highest BCUT2D eigenvalue weighted by atomic mass is 127. The fourth-order valence-electron chi connectivity index (χ4n) is 3.41. The molecular formula is C26H37IN6O. The molecule has 0 aliphatic rings. The van der Waals surface area contributed by atoms with Crippen LogP contribution in [0.3, 0.4) is 0 Å². The Morgan fingerprint density at radius 1 is 1.03 bits per heavy atom. The smallest absolute Gasteiger partial charge is 0.191 e. The number of hydrogen-bond donors (Lipinski definition) is 2. The molecule has 0 aliphatic carbocycles. The van der Waals surface area contributed by atoms with Gasteiger partial charge in [-0.3, -0.25) is 4.68 Å². The lowest BCUT2D eigenvalue weighted by atomic mass is 10.1. The van der Waals surface area contributed by atoms with Gasteiger partial charge in [0, 0.05) is 32.0 Å². The zero-order valence-electron chi connectivity index (χ0n) is 20.4. The van der Waals surface area contributed by atoms with E-state index in [0.29, 0.717) is 13.1 Å². The number of benzene rings is 2. The van der Waals surface area contributed by atoms with Gasteiger partial charge >= 0.3 is 0 Å². The van der Waals surface area contributed by atoms with Crippen molar-refractivity contribution in [3.05, 3.63) is 83.7 Å². The predicted molar refractivity (Wildman–Crippen MR) is 150 cm³/mol. The summed E-state index contributed by atoms with van der Waals surface area (Å²) in [6.07, 6.45) is 4.80. The topological polar surface area (TPSA) is 66.7 Å². The van der Waals surface area contributed by atoms with Crippen LogP contribution in [0.4, 0.5) is 0 Å². The number of aliphatic imine (C=N–C) groups is 1. The van der Waals surface area contributed by atoms with Crippen LogP contribution in [0, 0.1) is 0 Å². The van der Waals surface area contributed by atoms with Crippen LogP contribution in [0.5, 0.6) is 5.75 Å². The first-order chi connectivity index (χ1) is 16.1. The van der Waals surface area contributed by atoms with Crippen LogP contribution in [-0.4, -0.2) is 54.4 Å². The van der Waals surface area contributed by atoms with Crippen molar-refractivity contribution in [2.45, 2.75) is 33.0 Å². The van der Waals surface area contributed by atoms with Gasteiger partial charge in [0.2, 0.25) is 0 Å². The number of guanidine groups is 1. The molecule has 0 unspecified atom stereocenters. The van der Waals surface area contributed by atoms with Gasteiger partial charge in [-0.2, -0.15) is 5.10 Å². The second-order valence-electron chi connectivity index (χ2n) is 8.17. The lowest BCUT2D eigenvalue weighted by molar-refractivity contribution is 0.281. The Labute approximate surface area is 220 Å². The van der Waals surface area contributed by atoms with Gasteiger partial charge in [-0.15, -0.1) is 24.0 Å². The van der Waals surface area contributed by atoms with Crippen LogP contribution in [0.15, 0.2) is 72.0 Å². The summed E-state index contributed by atoms with van der Waals surface area (Å²) >= 11 is 0. The molecule has 8 heteroatoms. The van der Waals surface area contributed by atoms with E-state index in [9.17, 15) is 0 Å². The summed E-state index contributed by atoms with van der Waals surface area (Å²) in [4.78, 5) is 6.92. The molecule has 0 fully saturated rings. The second kappa shape index (κ2) is 15.3. The molecule has 3 rings (SSSR count). The quantitative estimate of drug-likeness (QED) is 0.147. The highest BCUT2D eigenvalue weighted by Gasteiger charge is 2.05. The zero-order chi connectivity index (χ0) is 23.3. The first kappa shape index (κ1) is 27.7. The highest BCUT2D eigenvalue weighted by molar-refractivity contribution is 14.0. The standard InChI is InChI=1S/C26H36N6O.HI/c1-4-27-26(28-19-22-11-13-25(14-12-22)33-18-8-16-31(2)3)29-20-23-9-5-6-10-24(23)21-32-17-7-15-30-32;/h5-7,9-15,17H,4,8,16,18-21H2,1-3H3,(H2,27,28,29);1H. The molecule has 0 radical (unpaired) electrons. The van der Waals surface area contributed by atoms with Crippen molar-refractivity contribution >= 4 is 29.9 Å². The van der Waals surface area contributed by atoms with Crippen molar-refractivity contribution in [2.75, 3.05) is 33.8 Å². The number of rotatable bonds is 12. The van der Waals surface area contributed by atoms with Crippen LogP contribution in [0.25, 0.3) is 0 Å². The van der Waals surface area contributed by atoms with Crippen LogP contribution >= 0.6 is 24.0 Å². The number of hydrogen-bond acceptors (Lipinski definition) is 4. The van der Waals surface area contributed by atoms with Crippen LogP contribution in [0.2, 0.25) is 0 Å². The maximum Gasteiger partial charge on any atom is 0.191 e. The summed E-state index contributed by atoms with van der Waals surface area (Å²) in [5.41, 5.74) is 3.62. The number of aromatic nitrogens is 2. The number of nitrogens with zero attached hydrogens (tertiary/aromatic N) is 4. The van der Waals surface area contributed by atoms with Crippen LogP contribution < -0.4 is 15.4 Å². The summed E-state index contributed by atoms with van der Waals surface area (Å²) in [6, 6.07) is 18.6. The van der Waals surface area contributed by atoms with E-state index in [4.69, 9.17) is 9.73 Å². The Morgan fingerprint density at radius 2 is 1.79 bits per heavy atom. The first-order valence-corrected chi connectivity index (χ1v) is 11.6. The summed E-state index contributed by atoms with van der Waals surface area (Å²) < 4.78 is 7.76. The van der Waals surface area contributed by atoms with Gasteiger partial charge in [0.15, 0.2) is 5.96 Å². The summed E-state index contributed by atoms with van der Waals surface area (Å²) in [6.45, 7) is 6.69. The maximum absolute atomic E-state index is 5.82. The molecule has 2 aromatic carbocycles. The van der Waals surface area contributed by atoms with E-state index < -0.39 is 0 Å². The molecule has 0 amide bonds. The largest absolute Gasteiger partial charge is 0.494 e. The fraction of sp³-hybridized carbons (Fsp3) is 0.385. The van der Waals surface area contributed by atoms with Gasteiger partial charge in [-0.25, -0.2) is 4.99 Å². The molecule has 184 valence electrons. The SMILES string of the molecule is CCNC(=NCc1ccc(OCCCN(C)C)cc1)NCc1ccccc1Cn1cccn1.I. The summed E-state index contributed by atoms with van der Waals surface area (Å²) in [7, 11) is 4.15. The summed E-state index contributed by atoms with van der Waals surface area (Å²) in [5, 5.41) is 11.1. The molecule has 1 aromatic heterocycles. The van der Waals surface area contributed by atoms with Gasteiger partial charge in [0.05, 0.1) is 19.7 Å². The van der Waals surface area contributed by atoms with Crippen molar-refractivity contribution in [2.24, 2.45) is 4.99 Å². The third-order valence-corrected chi connectivity index (χ3v) is 5.16. The van der Waals surface area contributed by atoms with Crippen molar-refractivity contribution in [1.29, 1.82) is 0 Å². The van der Waals surface area contributed by atoms with E-state index in [0.717, 1.165) is 49.9 Å². The molecule has 2 N–H and O–H groups in total. The van der Waals surface area contributed by atoms with E-state index in [1.807, 2.05) is 29.1 Å². The maximum atomic E-state index is 5.82. The minimum absolute atomic E-state index is 0. The van der Waals surface area contributed by atoms with Gasteiger partial charge < -0.3 is 20.3 Å². The predicted octanol–water partition coefficient (Wildman–Crippen LogP) is 4.14. The Bertz CT molecular complexity index is 973. The van der Waals surface area contributed by atoms with Gasteiger partial charge in [-0.05, 0) is 62.3 Å². The molecule has 0 saturated carbocycles. The van der Waals surface area contributed by atoms with Crippen molar-refractivity contribution < 1.29 is 4.74 Å². The average Bonchev–Trinajstić information content (AvgIpc) is 3.33. The molecule has 7 nitrogen and oxygen atoms in total. The first-order valence-electron chi connectivity index (χ1n) is 11.6. The molecule has 0 atom stereocenters. The minimum atomic E-state index is 0. The third kappa shape index (κ3) is 9.72. The normalized spacial score (nSPS) is 11.2.